The van der Waals surface area contributed by atoms with Crippen LogP contribution in [0.2, 0.25) is 19.6 Å². The van der Waals surface area contributed by atoms with Crippen molar-refractivity contribution < 1.29 is 4.74 Å². The summed E-state index contributed by atoms with van der Waals surface area (Å²) in [7, 11) is -1.05. The zero-order valence-electron chi connectivity index (χ0n) is 11.6. The van der Waals surface area contributed by atoms with Crippen molar-refractivity contribution in [3.63, 3.8) is 0 Å². The van der Waals surface area contributed by atoms with E-state index in [4.69, 9.17) is 4.74 Å². The van der Waals surface area contributed by atoms with Crippen LogP contribution in [-0.4, -0.2) is 19.8 Å². The molecule has 1 aliphatic heterocycles. The normalized spacial score (nSPS) is 38.2. The maximum Gasteiger partial charge on any atom is 0.0821 e. The van der Waals surface area contributed by atoms with Gasteiger partial charge in [-0.1, -0.05) is 44.6 Å². The van der Waals surface area contributed by atoms with Gasteiger partial charge in [0.1, 0.15) is 0 Å². The molecule has 2 heteroatoms. The van der Waals surface area contributed by atoms with Crippen LogP contribution in [0.15, 0.2) is 11.3 Å². The van der Waals surface area contributed by atoms with Crippen LogP contribution in [-0.2, 0) is 4.74 Å². The van der Waals surface area contributed by atoms with Crippen molar-refractivity contribution in [1.29, 1.82) is 0 Å². The van der Waals surface area contributed by atoms with Gasteiger partial charge >= 0.3 is 0 Å². The Bertz CT molecular complexity index is 333. The second kappa shape index (κ2) is 3.96. The quantitative estimate of drug-likeness (QED) is 0.630. The summed E-state index contributed by atoms with van der Waals surface area (Å²) < 4.78 is 6.50. The molecule has 96 valence electrons. The molecule has 0 unspecified atom stereocenters. The molecule has 1 nitrogen and oxygen atoms in total. The van der Waals surface area contributed by atoms with Crippen LogP contribution in [0.3, 0.4) is 0 Å². The molecular formula is C15H26OSi. The highest BCUT2D eigenvalue weighted by Crippen LogP contribution is 2.54. The second-order valence-electron chi connectivity index (χ2n) is 7.54. The fourth-order valence-corrected chi connectivity index (χ4v) is 5.42. The van der Waals surface area contributed by atoms with Gasteiger partial charge < -0.3 is 4.74 Å². The summed E-state index contributed by atoms with van der Waals surface area (Å²) in [5, 5.41) is 0. The van der Waals surface area contributed by atoms with E-state index in [1.165, 1.54) is 44.9 Å². The summed E-state index contributed by atoms with van der Waals surface area (Å²) in [6.07, 6.45) is 10.1. The summed E-state index contributed by atoms with van der Waals surface area (Å²) in [5.74, 6) is 0.871. The highest BCUT2D eigenvalue weighted by atomic mass is 28.3. The van der Waals surface area contributed by atoms with E-state index < -0.39 is 8.07 Å². The summed E-state index contributed by atoms with van der Waals surface area (Å²) >= 11 is 0. The first-order valence-electron chi connectivity index (χ1n) is 7.37. The summed E-state index contributed by atoms with van der Waals surface area (Å²) in [6.45, 7) is 7.29. The Morgan fingerprint density at radius 1 is 1.18 bits per heavy atom. The van der Waals surface area contributed by atoms with Crippen LogP contribution >= 0.6 is 0 Å². The van der Waals surface area contributed by atoms with Crippen molar-refractivity contribution in [3.8, 4) is 0 Å². The van der Waals surface area contributed by atoms with Gasteiger partial charge in [0.2, 0.25) is 0 Å². The molecule has 0 amide bonds. The van der Waals surface area contributed by atoms with E-state index in [0.29, 0.717) is 11.7 Å². The predicted octanol–water partition coefficient (Wildman–Crippen LogP) is 4.30. The fraction of sp³-hybridized carbons (Fsp3) is 0.867. The first-order chi connectivity index (χ1) is 7.98. The molecule has 0 radical (unpaired) electrons. The van der Waals surface area contributed by atoms with E-state index in [0.717, 1.165) is 5.92 Å². The van der Waals surface area contributed by atoms with Crippen molar-refractivity contribution in [2.45, 2.75) is 76.3 Å². The molecule has 0 aromatic carbocycles. The van der Waals surface area contributed by atoms with E-state index in [9.17, 15) is 0 Å². The number of ether oxygens (including phenoxy) is 1. The molecular weight excluding hydrogens is 224 g/mol. The minimum atomic E-state index is -1.05. The molecule has 0 aromatic heterocycles. The highest BCUT2D eigenvalue weighted by Gasteiger charge is 2.52. The molecule has 0 bridgehead atoms. The Labute approximate surface area is 107 Å². The lowest BCUT2D eigenvalue weighted by molar-refractivity contribution is -0.0616. The van der Waals surface area contributed by atoms with Gasteiger partial charge in [0.25, 0.3) is 0 Å². The molecule has 2 atom stereocenters. The molecule has 0 N–H and O–H groups in total. The first kappa shape index (κ1) is 12.0. The number of hydrogen-bond acceptors (Lipinski definition) is 1. The molecule has 17 heavy (non-hydrogen) atoms. The molecule has 3 fully saturated rings. The van der Waals surface area contributed by atoms with Gasteiger partial charge in [-0.3, -0.25) is 0 Å². The zero-order chi connectivity index (χ0) is 12.1. The molecule has 2 aliphatic carbocycles. The number of hydrogen-bond donors (Lipinski definition) is 0. The Morgan fingerprint density at radius 3 is 2.53 bits per heavy atom. The lowest BCUT2D eigenvalue weighted by atomic mass is 9.73. The monoisotopic (exact) mass is 250 g/mol. The average molecular weight is 250 g/mol. The van der Waals surface area contributed by atoms with Gasteiger partial charge in [-0.2, -0.15) is 0 Å². The van der Waals surface area contributed by atoms with Crippen LogP contribution < -0.4 is 0 Å². The van der Waals surface area contributed by atoms with Crippen molar-refractivity contribution in [1.82, 2.24) is 0 Å². The van der Waals surface area contributed by atoms with E-state index in [1.807, 2.05) is 0 Å². The van der Waals surface area contributed by atoms with Crippen molar-refractivity contribution >= 4 is 8.07 Å². The maximum atomic E-state index is 6.50. The number of fused-ring (bicyclic) bond motifs is 1. The standard InChI is InChI=1S/C15H26OSi/c1-17(2,3)11-13-9-12-10-15(16-14(12)13)7-5-4-6-8-15/h11-12,14H,4-10H2,1-3H3/b13-11-/t12-,14-/m1/s1. The summed E-state index contributed by atoms with van der Waals surface area (Å²) in [5.41, 5.74) is 4.55. The maximum absolute atomic E-state index is 6.50. The molecule has 3 rings (SSSR count). The third-order valence-electron chi connectivity index (χ3n) is 4.69. The summed E-state index contributed by atoms with van der Waals surface area (Å²) in [6, 6.07) is 0. The Morgan fingerprint density at radius 2 is 1.88 bits per heavy atom. The minimum Gasteiger partial charge on any atom is -0.367 e. The Balaban J connectivity index is 1.70. The van der Waals surface area contributed by atoms with Gasteiger partial charge in [0.15, 0.2) is 0 Å². The largest absolute Gasteiger partial charge is 0.367 e. The second-order valence-corrected chi connectivity index (χ2v) is 12.6. The van der Waals surface area contributed by atoms with Gasteiger partial charge in [0, 0.05) is 0 Å². The smallest absolute Gasteiger partial charge is 0.0821 e. The van der Waals surface area contributed by atoms with Crippen LogP contribution in [0.25, 0.3) is 0 Å². The van der Waals surface area contributed by atoms with Crippen molar-refractivity contribution in [3.05, 3.63) is 11.3 Å². The molecule has 3 aliphatic rings. The van der Waals surface area contributed by atoms with E-state index in [2.05, 4.69) is 25.3 Å². The average Bonchev–Trinajstić information content (AvgIpc) is 2.50. The lowest BCUT2D eigenvalue weighted by Gasteiger charge is -2.35. The van der Waals surface area contributed by atoms with Gasteiger partial charge in [0.05, 0.1) is 19.8 Å². The van der Waals surface area contributed by atoms with Crippen molar-refractivity contribution in [2.75, 3.05) is 0 Å². The van der Waals surface area contributed by atoms with Crippen LogP contribution in [0.4, 0.5) is 0 Å². The minimum absolute atomic E-state index is 0.308. The molecule has 1 spiro atoms. The third kappa shape index (κ3) is 2.26. The van der Waals surface area contributed by atoms with Gasteiger partial charge in [-0.15, -0.1) is 0 Å². The molecule has 1 heterocycles. The van der Waals surface area contributed by atoms with Crippen LogP contribution in [0.5, 0.6) is 0 Å². The topological polar surface area (TPSA) is 9.23 Å². The molecule has 0 aromatic rings. The molecule has 2 saturated carbocycles. The third-order valence-corrected chi connectivity index (χ3v) is 5.92. The van der Waals surface area contributed by atoms with Gasteiger partial charge in [-0.25, -0.2) is 0 Å². The summed E-state index contributed by atoms with van der Waals surface area (Å²) in [4.78, 5) is 0. The number of rotatable bonds is 1. The fourth-order valence-electron chi connectivity index (χ4n) is 4.03. The van der Waals surface area contributed by atoms with E-state index in [1.54, 1.807) is 5.57 Å². The van der Waals surface area contributed by atoms with Gasteiger partial charge in [-0.05, 0) is 37.2 Å². The Hall–Kier alpha value is -0.0831. The van der Waals surface area contributed by atoms with Crippen molar-refractivity contribution in [2.24, 2.45) is 5.92 Å². The lowest BCUT2D eigenvalue weighted by Crippen LogP contribution is -2.35. The van der Waals surface area contributed by atoms with E-state index >= 15 is 0 Å². The SMILES string of the molecule is C[Si](C)(C)/C=C1/C[C@@H]2CC3(CCCCC3)O[C@@H]12. The van der Waals surface area contributed by atoms with E-state index in [-0.39, 0.29) is 0 Å². The predicted molar refractivity (Wildman–Crippen MR) is 74.8 cm³/mol. The molecule has 1 saturated heterocycles. The Kier molecular flexibility index (Phi) is 2.79. The first-order valence-corrected chi connectivity index (χ1v) is 10.9. The van der Waals surface area contributed by atoms with Crippen LogP contribution in [0, 0.1) is 5.92 Å². The highest BCUT2D eigenvalue weighted by molar-refractivity contribution is 6.81. The van der Waals surface area contributed by atoms with Crippen LogP contribution in [0.1, 0.15) is 44.9 Å². The zero-order valence-corrected chi connectivity index (χ0v) is 12.6.